The molecule has 0 unspecified atom stereocenters. The van der Waals surface area contributed by atoms with Gasteiger partial charge in [0.25, 0.3) is 0 Å². The summed E-state index contributed by atoms with van der Waals surface area (Å²) in [4.78, 5) is 15.1. The molecule has 0 aliphatic carbocycles. The molecule has 8 heteroatoms. The van der Waals surface area contributed by atoms with Gasteiger partial charge in [0.1, 0.15) is 0 Å². The van der Waals surface area contributed by atoms with Gasteiger partial charge < -0.3 is 19.1 Å². The Hall–Kier alpha value is -2.64. The molecule has 0 radical (unpaired) electrons. The number of carbonyl (C=O) groups is 1. The molecule has 0 bridgehead atoms. The molecule has 2 rings (SSSR count). The van der Waals surface area contributed by atoms with Crippen LogP contribution in [0.1, 0.15) is 17.4 Å². The number of aromatic nitrogens is 2. The number of aromatic hydroxyl groups is 1. The van der Waals surface area contributed by atoms with Crippen molar-refractivity contribution in [3.63, 3.8) is 0 Å². The Morgan fingerprint density at radius 2 is 2.30 bits per heavy atom. The number of rotatable bonds is 4. The topological polar surface area (TPSA) is 94.7 Å². The van der Waals surface area contributed by atoms with Crippen molar-refractivity contribution in [2.24, 2.45) is 0 Å². The van der Waals surface area contributed by atoms with Crippen molar-refractivity contribution < 1.29 is 28.3 Å². The van der Waals surface area contributed by atoms with Crippen molar-refractivity contribution in [2.75, 3.05) is 13.7 Å². The molecular formula is C12H11FN2O5. The number of halogens is 1. The Balaban J connectivity index is 2.46. The predicted molar refractivity (Wildman–Crippen MR) is 63.9 cm³/mol. The van der Waals surface area contributed by atoms with Crippen LogP contribution in [0, 0.1) is 5.82 Å². The van der Waals surface area contributed by atoms with E-state index >= 15 is 0 Å². The van der Waals surface area contributed by atoms with Crippen LogP contribution in [0.4, 0.5) is 4.39 Å². The largest absolute Gasteiger partial charge is 0.502 e. The zero-order chi connectivity index (χ0) is 14.7. The van der Waals surface area contributed by atoms with Crippen molar-refractivity contribution in [1.29, 1.82) is 0 Å². The number of nitrogens with zero attached hydrogens (tertiary/aromatic N) is 2. The lowest BCUT2D eigenvalue weighted by Crippen LogP contribution is -2.04. The summed E-state index contributed by atoms with van der Waals surface area (Å²) < 4.78 is 28.0. The van der Waals surface area contributed by atoms with Gasteiger partial charge in [-0.1, -0.05) is 5.16 Å². The van der Waals surface area contributed by atoms with Gasteiger partial charge in [-0.15, -0.1) is 0 Å². The molecular weight excluding hydrogens is 271 g/mol. The van der Waals surface area contributed by atoms with Crippen LogP contribution in [0.3, 0.4) is 0 Å². The van der Waals surface area contributed by atoms with Crippen LogP contribution in [0.5, 0.6) is 11.6 Å². The zero-order valence-corrected chi connectivity index (χ0v) is 10.7. The molecule has 0 aliphatic heterocycles. The van der Waals surface area contributed by atoms with Crippen molar-refractivity contribution in [3.05, 3.63) is 23.8 Å². The summed E-state index contributed by atoms with van der Waals surface area (Å²) in [6.45, 7) is 1.71. The van der Waals surface area contributed by atoms with Crippen molar-refractivity contribution in [3.8, 4) is 23.0 Å². The second-order valence-corrected chi connectivity index (χ2v) is 3.64. The first kappa shape index (κ1) is 13.8. The molecule has 0 saturated carbocycles. The van der Waals surface area contributed by atoms with Gasteiger partial charge in [0.15, 0.2) is 11.6 Å². The summed E-state index contributed by atoms with van der Waals surface area (Å²) in [6.07, 6.45) is 0.903. The van der Waals surface area contributed by atoms with Crippen LogP contribution < -0.4 is 4.74 Å². The maximum atomic E-state index is 13.7. The molecule has 0 aromatic carbocycles. The molecule has 1 N–H and O–H groups in total. The van der Waals surface area contributed by atoms with Crippen LogP contribution in [-0.2, 0) is 4.74 Å². The minimum Gasteiger partial charge on any atom is -0.502 e. The molecule has 2 aromatic heterocycles. The van der Waals surface area contributed by atoms with Gasteiger partial charge in [-0.05, 0) is 6.92 Å². The van der Waals surface area contributed by atoms with E-state index < -0.39 is 23.2 Å². The first-order chi connectivity index (χ1) is 9.58. The van der Waals surface area contributed by atoms with E-state index in [2.05, 4.69) is 14.9 Å². The third-order valence-electron chi connectivity index (χ3n) is 2.42. The van der Waals surface area contributed by atoms with Gasteiger partial charge in [0.05, 0.1) is 25.5 Å². The predicted octanol–water partition coefficient (Wildman–Crippen LogP) is 1.77. The number of hydrogen-bond acceptors (Lipinski definition) is 7. The van der Waals surface area contributed by atoms with Crippen molar-refractivity contribution in [1.82, 2.24) is 10.1 Å². The fourth-order valence-corrected chi connectivity index (χ4v) is 1.50. The fourth-order valence-electron chi connectivity index (χ4n) is 1.50. The third-order valence-corrected chi connectivity index (χ3v) is 2.42. The van der Waals surface area contributed by atoms with E-state index in [-0.39, 0.29) is 23.8 Å². The van der Waals surface area contributed by atoms with Crippen LogP contribution >= 0.6 is 0 Å². The van der Waals surface area contributed by atoms with Gasteiger partial charge in [0, 0.05) is 6.07 Å². The number of methoxy groups -OCH3 is 1. The average molecular weight is 282 g/mol. The summed E-state index contributed by atoms with van der Waals surface area (Å²) in [5.41, 5.74) is -0.547. The highest BCUT2D eigenvalue weighted by Crippen LogP contribution is 2.35. The molecule has 2 heterocycles. The van der Waals surface area contributed by atoms with Gasteiger partial charge >= 0.3 is 5.97 Å². The van der Waals surface area contributed by atoms with E-state index in [1.165, 1.54) is 13.2 Å². The lowest BCUT2D eigenvalue weighted by atomic mass is 10.1. The molecule has 20 heavy (non-hydrogen) atoms. The SMILES string of the molecule is CCOC(=O)c1noc(-c2cc(OC)ncc2F)c1O. The first-order valence-electron chi connectivity index (χ1n) is 5.64. The standard InChI is InChI=1S/C12H11FN2O5/c1-3-19-12(17)9-10(16)11(20-15-9)6-4-8(18-2)14-5-7(6)13/h4-5,16H,3H2,1-2H3. The molecule has 7 nitrogen and oxygen atoms in total. The number of hydrogen-bond donors (Lipinski definition) is 1. The summed E-state index contributed by atoms with van der Waals surface area (Å²) in [6, 6.07) is 1.21. The number of esters is 1. The number of carbonyl (C=O) groups excluding carboxylic acids is 1. The molecule has 106 valence electrons. The Morgan fingerprint density at radius 1 is 1.55 bits per heavy atom. The van der Waals surface area contributed by atoms with Crippen LogP contribution in [-0.4, -0.2) is 34.9 Å². The molecule has 0 fully saturated rings. The second kappa shape index (κ2) is 5.55. The Bertz CT molecular complexity index is 641. The molecule has 2 aromatic rings. The van der Waals surface area contributed by atoms with E-state index in [0.717, 1.165) is 6.20 Å². The van der Waals surface area contributed by atoms with Gasteiger partial charge in [-0.3, -0.25) is 0 Å². The monoisotopic (exact) mass is 282 g/mol. The lowest BCUT2D eigenvalue weighted by molar-refractivity contribution is 0.0512. The lowest BCUT2D eigenvalue weighted by Gasteiger charge is -2.02. The molecule has 0 aliphatic rings. The highest BCUT2D eigenvalue weighted by Gasteiger charge is 2.25. The van der Waals surface area contributed by atoms with E-state index in [1.54, 1.807) is 6.92 Å². The Kier molecular flexibility index (Phi) is 3.83. The van der Waals surface area contributed by atoms with Gasteiger partial charge in [-0.25, -0.2) is 14.2 Å². The summed E-state index contributed by atoms with van der Waals surface area (Å²) in [5.74, 6) is -2.40. The molecule has 0 atom stereocenters. The zero-order valence-electron chi connectivity index (χ0n) is 10.7. The number of pyridine rings is 1. The average Bonchev–Trinajstić information content (AvgIpc) is 2.81. The van der Waals surface area contributed by atoms with Crippen LogP contribution in [0.25, 0.3) is 11.3 Å². The van der Waals surface area contributed by atoms with Crippen molar-refractivity contribution >= 4 is 5.97 Å². The first-order valence-corrected chi connectivity index (χ1v) is 5.64. The van der Waals surface area contributed by atoms with Gasteiger partial charge in [0.2, 0.25) is 17.3 Å². The highest BCUT2D eigenvalue weighted by molar-refractivity contribution is 5.92. The normalized spacial score (nSPS) is 10.3. The fraction of sp³-hybridized carbons (Fsp3) is 0.250. The minimum absolute atomic E-state index is 0.109. The van der Waals surface area contributed by atoms with Gasteiger partial charge in [-0.2, -0.15) is 0 Å². The highest BCUT2D eigenvalue weighted by atomic mass is 19.1. The van der Waals surface area contributed by atoms with Crippen LogP contribution in [0.2, 0.25) is 0 Å². The molecule has 0 saturated heterocycles. The molecule has 0 amide bonds. The van der Waals surface area contributed by atoms with E-state index in [0.29, 0.717) is 0 Å². The quantitative estimate of drug-likeness (QED) is 0.854. The summed E-state index contributed by atoms with van der Waals surface area (Å²) in [7, 11) is 1.36. The van der Waals surface area contributed by atoms with E-state index in [9.17, 15) is 14.3 Å². The van der Waals surface area contributed by atoms with E-state index in [4.69, 9.17) is 9.26 Å². The Labute approximate surface area is 112 Å². The maximum absolute atomic E-state index is 13.7. The summed E-state index contributed by atoms with van der Waals surface area (Å²) in [5, 5.41) is 13.3. The number of ether oxygens (including phenoxy) is 2. The second-order valence-electron chi connectivity index (χ2n) is 3.64. The minimum atomic E-state index is -0.860. The molecule has 0 spiro atoms. The van der Waals surface area contributed by atoms with Crippen molar-refractivity contribution in [2.45, 2.75) is 6.92 Å². The smallest absolute Gasteiger partial charge is 0.364 e. The Morgan fingerprint density at radius 3 is 2.95 bits per heavy atom. The van der Waals surface area contributed by atoms with E-state index in [1.807, 2.05) is 0 Å². The summed E-state index contributed by atoms with van der Waals surface area (Å²) >= 11 is 0. The van der Waals surface area contributed by atoms with Crippen LogP contribution in [0.15, 0.2) is 16.8 Å². The third kappa shape index (κ3) is 2.40. The maximum Gasteiger partial charge on any atom is 0.364 e.